The standard InChI is InChI=1S/C19H14FN3O2S2/c1-24-16-8-4-13(5-9-16)18-21-15(10-26-18)11-27-19-23-22-17(25-19)12-2-6-14(20)7-3-12/h2-10H,11H2,1H3. The molecule has 0 amide bonds. The maximum absolute atomic E-state index is 13.0. The lowest BCUT2D eigenvalue weighted by Gasteiger charge is -2.00. The number of ether oxygens (including phenoxy) is 1. The zero-order valence-corrected chi connectivity index (χ0v) is 15.9. The number of benzene rings is 2. The Balaban J connectivity index is 1.40. The number of aromatic nitrogens is 3. The molecule has 27 heavy (non-hydrogen) atoms. The van der Waals surface area contributed by atoms with E-state index in [1.807, 2.05) is 29.6 Å². The maximum Gasteiger partial charge on any atom is 0.277 e. The fourth-order valence-electron chi connectivity index (χ4n) is 2.35. The van der Waals surface area contributed by atoms with Crippen molar-refractivity contribution in [3.63, 3.8) is 0 Å². The molecular formula is C19H14FN3O2S2. The van der Waals surface area contributed by atoms with Gasteiger partial charge in [-0.1, -0.05) is 11.8 Å². The van der Waals surface area contributed by atoms with E-state index in [1.54, 1.807) is 30.6 Å². The van der Waals surface area contributed by atoms with Crippen LogP contribution in [0.3, 0.4) is 0 Å². The van der Waals surface area contributed by atoms with E-state index < -0.39 is 0 Å². The molecule has 0 saturated carbocycles. The minimum atomic E-state index is -0.302. The van der Waals surface area contributed by atoms with Crippen LogP contribution in [-0.2, 0) is 5.75 Å². The average Bonchev–Trinajstić information content (AvgIpc) is 3.37. The topological polar surface area (TPSA) is 61.0 Å². The van der Waals surface area contributed by atoms with Crippen molar-refractivity contribution in [1.82, 2.24) is 15.2 Å². The lowest BCUT2D eigenvalue weighted by Crippen LogP contribution is -1.84. The Bertz CT molecular complexity index is 1030. The number of rotatable bonds is 6. The summed E-state index contributed by atoms with van der Waals surface area (Å²) < 4.78 is 23.8. The molecule has 0 saturated heterocycles. The molecule has 0 radical (unpaired) electrons. The van der Waals surface area contributed by atoms with Crippen molar-refractivity contribution >= 4 is 23.1 Å². The SMILES string of the molecule is COc1ccc(-c2nc(CSc3nnc(-c4ccc(F)cc4)o3)cs2)cc1. The van der Waals surface area contributed by atoms with Crippen molar-refractivity contribution in [3.8, 4) is 27.8 Å². The molecule has 2 heterocycles. The minimum Gasteiger partial charge on any atom is -0.497 e. The van der Waals surface area contributed by atoms with Crippen molar-refractivity contribution in [1.29, 1.82) is 0 Å². The fraction of sp³-hybridized carbons (Fsp3) is 0.105. The van der Waals surface area contributed by atoms with Gasteiger partial charge < -0.3 is 9.15 Å². The van der Waals surface area contributed by atoms with Gasteiger partial charge in [-0.2, -0.15) is 0 Å². The van der Waals surface area contributed by atoms with Crippen LogP contribution in [-0.4, -0.2) is 22.3 Å². The van der Waals surface area contributed by atoms with Crippen molar-refractivity contribution in [2.45, 2.75) is 11.0 Å². The zero-order chi connectivity index (χ0) is 18.6. The molecule has 8 heteroatoms. The highest BCUT2D eigenvalue weighted by Gasteiger charge is 2.11. The predicted octanol–water partition coefficient (Wildman–Crippen LogP) is 5.30. The Kier molecular flexibility index (Phi) is 5.17. The summed E-state index contributed by atoms with van der Waals surface area (Å²) in [6, 6.07) is 13.8. The van der Waals surface area contributed by atoms with Gasteiger partial charge in [-0.15, -0.1) is 21.5 Å². The van der Waals surface area contributed by atoms with Crippen molar-refractivity contribution in [3.05, 3.63) is 65.4 Å². The molecule has 5 nitrogen and oxygen atoms in total. The Morgan fingerprint density at radius 1 is 1.04 bits per heavy atom. The van der Waals surface area contributed by atoms with E-state index >= 15 is 0 Å². The lowest BCUT2D eigenvalue weighted by molar-refractivity contribution is 0.415. The Hall–Kier alpha value is -2.71. The predicted molar refractivity (Wildman–Crippen MR) is 103 cm³/mol. The molecule has 0 atom stereocenters. The van der Waals surface area contributed by atoms with E-state index in [2.05, 4.69) is 15.2 Å². The van der Waals surface area contributed by atoms with E-state index in [4.69, 9.17) is 9.15 Å². The largest absolute Gasteiger partial charge is 0.497 e. The summed E-state index contributed by atoms with van der Waals surface area (Å²) in [6.07, 6.45) is 0. The van der Waals surface area contributed by atoms with E-state index in [9.17, 15) is 4.39 Å². The third-order valence-corrected chi connectivity index (χ3v) is 5.52. The van der Waals surface area contributed by atoms with Crippen LogP contribution in [0.4, 0.5) is 4.39 Å². The normalized spacial score (nSPS) is 10.9. The third-order valence-electron chi connectivity index (χ3n) is 3.73. The van der Waals surface area contributed by atoms with E-state index in [-0.39, 0.29) is 5.82 Å². The average molecular weight is 399 g/mol. The molecule has 0 fully saturated rings. The molecule has 0 aliphatic carbocycles. The number of hydrogen-bond acceptors (Lipinski definition) is 7. The first-order valence-corrected chi connectivity index (χ1v) is 9.89. The van der Waals surface area contributed by atoms with Gasteiger partial charge in [0.15, 0.2) is 0 Å². The molecule has 0 bridgehead atoms. The van der Waals surface area contributed by atoms with Crippen LogP contribution in [0.2, 0.25) is 0 Å². The number of hydrogen-bond donors (Lipinski definition) is 0. The fourth-order valence-corrected chi connectivity index (χ4v) is 3.94. The van der Waals surface area contributed by atoms with Gasteiger partial charge >= 0.3 is 0 Å². The summed E-state index contributed by atoms with van der Waals surface area (Å²) in [4.78, 5) is 4.65. The molecule has 2 aromatic carbocycles. The molecule has 4 rings (SSSR count). The third kappa shape index (κ3) is 4.17. The van der Waals surface area contributed by atoms with E-state index in [0.29, 0.717) is 22.4 Å². The summed E-state index contributed by atoms with van der Waals surface area (Å²) in [5.74, 6) is 1.51. The van der Waals surface area contributed by atoms with Crippen LogP contribution in [0.25, 0.3) is 22.0 Å². The number of thiazole rings is 1. The minimum absolute atomic E-state index is 0.302. The first kappa shape index (κ1) is 17.7. The summed E-state index contributed by atoms with van der Waals surface area (Å²) in [6.45, 7) is 0. The highest BCUT2D eigenvalue weighted by molar-refractivity contribution is 7.98. The number of halogens is 1. The van der Waals surface area contributed by atoms with Gasteiger partial charge in [0.05, 0.1) is 12.8 Å². The monoisotopic (exact) mass is 399 g/mol. The van der Waals surface area contributed by atoms with Crippen LogP contribution in [0.5, 0.6) is 5.75 Å². The van der Waals surface area contributed by atoms with E-state index in [0.717, 1.165) is 22.0 Å². The highest BCUT2D eigenvalue weighted by atomic mass is 32.2. The summed E-state index contributed by atoms with van der Waals surface area (Å²) in [7, 11) is 1.65. The van der Waals surface area contributed by atoms with Gasteiger partial charge in [0.2, 0.25) is 5.89 Å². The molecule has 0 aliphatic rings. The second-order valence-corrected chi connectivity index (χ2v) is 7.33. The molecule has 2 aromatic heterocycles. The first-order valence-electron chi connectivity index (χ1n) is 8.02. The molecular weight excluding hydrogens is 385 g/mol. The van der Waals surface area contributed by atoms with Crippen LogP contribution in [0, 0.1) is 5.82 Å². The van der Waals surface area contributed by atoms with E-state index in [1.165, 1.54) is 23.9 Å². The molecule has 4 aromatic rings. The Morgan fingerprint density at radius 3 is 2.52 bits per heavy atom. The Morgan fingerprint density at radius 2 is 1.78 bits per heavy atom. The quantitative estimate of drug-likeness (QED) is 0.410. The van der Waals surface area contributed by atoms with Crippen LogP contribution in [0.1, 0.15) is 5.69 Å². The number of methoxy groups -OCH3 is 1. The highest BCUT2D eigenvalue weighted by Crippen LogP contribution is 2.29. The number of nitrogens with zero attached hydrogens (tertiary/aromatic N) is 3. The van der Waals surface area contributed by atoms with Crippen LogP contribution in [0.15, 0.2) is 63.6 Å². The molecule has 0 N–H and O–H groups in total. The van der Waals surface area contributed by atoms with Gasteiger partial charge in [-0.25, -0.2) is 9.37 Å². The van der Waals surface area contributed by atoms with Gasteiger partial charge in [-0.05, 0) is 48.5 Å². The zero-order valence-electron chi connectivity index (χ0n) is 14.3. The smallest absolute Gasteiger partial charge is 0.277 e. The maximum atomic E-state index is 13.0. The summed E-state index contributed by atoms with van der Waals surface area (Å²) in [5, 5.41) is 11.5. The lowest BCUT2D eigenvalue weighted by atomic mass is 10.2. The molecule has 0 unspecified atom stereocenters. The van der Waals surface area contributed by atoms with Gasteiger partial charge in [-0.3, -0.25) is 0 Å². The number of thioether (sulfide) groups is 1. The summed E-state index contributed by atoms with van der Waals surface area (Å²) >= 11 is 3.00. The second kappa shape index (κ2) is 7.89. The van der Waals surface area contributed by atoms with Crippen molar-refractivity contribution in [2.24, 2.45) is 0 Å². The molecule has 0 aliphatic heterocycles. The van der Waals surface area contributed by atoms with Gasteiger partial charge in [0, 0.05) is 22.3 Å². The van der Waals surface area contributed by atoms with Gasteiger partial charge in [0.25, 0.3) is 5.22 Å². The first-order chi connectivity index (χ1) is 13.2. The van der Waals surface area contributed by atoms with Crippen LogP contribution < -0.4 is 4.74 Å². The second-order valence-electron chi connectivity index (χ2n) is 5.54. The molecule has 0 spiro atoms. The van der Waals surface area contributed by atoms with Gasteiger partial charge in [0.1, 0.15) is 16.6 Å². The van der Waals surface area contributed by atoms with Crippen molar-refractivity contribution < 1.29 is 13.5 Å². The Labute approximate surface area is 163 Å². The summed E-state index contributed by atoms with van der Waals surface area (Å²) in [5.41, 5.74) is 2.68. The van der Waals surface area contributed by atoms with Crippen LogP contribution >= 0.6 is 23.1 Å². The van der Waals surface area contributed by atoms with Crippen molar-refractivity contribution in [2.75, 3.05) is 7.11 Å². The molecule has 136 valence electrons.